The second-order valence-electron chi connectivity index (χ2n) is 7.36. The third-order valence-corrected chi connectivity index (χ3v) is 5.21. The van der Waals surface area contributed by atoms with Gasteiger partial charge in [0.25, 0.3) is 5.91 Å². The van der Waals surface area contributed by atoms with Gasteiger partial charge in [0, 0.05) is 32.7 Å². The van der Waals surface area contributed by atoms with Crippen molar-refractivity contribution >= 4 is 17.6 Å². The molecule has 27 heavy (non-hydrogen) atoms. The molecule has 1 saturated heterocycles. The number of urea groups is 1. The summed E-state index contributed by atoms with van der Waals surface area (Å²) in [5, 5.41) is 2.89. The standard InChI is InChI=1S/C20H29N3O4/c1-22(13-14-7-8-14)20(25)21-16-12-18(27-3)17(26-2)11-15(16)19(24)23-9-5-4-6-10-23/h11-12,14H,4-10,13H2,1-3H3,(H,21,25). The normalized spacial score (nSPS) is 16.6. The van der Waals surface area contributed by atoms with E-state index in [0.29, 0.717) is 28.7 Å². The van der Waals surface area contributed by atoms with Crippen LogP contribution in [0.25, 0.3) is 0 Å². The van der Waals surface area contributed by atoms with E-state index < -0.39 is 0 Å². The van der Waals surface area contributed by atoms with Gasteiger partial charge in [-0.15, -0.1) is 0 Å². The number of anilines is 1. The number of nitrogens with zero attached hydrogens (tertiary/aromatic N) is 2. The lowest BCUT2D eigenvalue weighted by atomic mass is 10.1. The maximum Gasteiger partial charge on any atom is 0.321 e. The molecule has 1 N–H and O–H groups in total. The van der Waals surface area contributed by atoms with Crippen molar-refractivity contribution in [3.05, 3.63) is 17.7 Å². The Morgan fingerprint density at radius 2 is 1.74 bits per heavy atom. The highest BCUT2D eigenvalue weighted by molar-refractivity contribution is 6.04. The predicted molar refractivity (Wildman–Crippen MR) is 104 cm³/mol. The van der Waals surface area contributed by atoms with E-state index in [-0.39, 0.29) is 11.9 Å². The van der Waals surface area contributed by atoms with E-state index >= 15 is 0 Å². The largest absolute Gasteiger partial charge is 0.493 e. The Bertz CT molecular complexity index is 697. The third kappa shape index (κ3) is 4.64. The Morgan fingerprint density at radius 3 is 2.33 bits per heavy atom. The summed E-state index contributed by atoms with van der Waals surface area (Å²) in [5.74, 6) is 1.46. The summed E-state index contributed by atoms with van der Waals surface area (Å²) in [6.07, 6.45) is 5.50. The molecule has 1 heterocycles. The van der Waals surface area contributed by atoms with Gasteiger partial charge in [0.15, 0.2) is 11.5 Å². The summed E-state index contributed by atoms with van der Waals surface area (Å²) in [4.78, 5) is 29.2. The van der Waals surface area contributed by atoms with Gasteiger partial charge in [-0.05, 0) is 44.1 Å². The molecule has 0 spiro atoms. The molecule has 2 fully saturated rings. The maximum atomic E-state index is 13.1. The molecule has 0 aromatic heterocycles. The minimum Gasteiger partial charge on any atom is -0.493 e. The molecule has 0 atom stereocenters. The summed E-state index contributed by atoms with van der Waals surface area (Å²) in [7, 11) is 4.85. The SMILES string of the molecule is COc1cc(NC(=O)N(C)CC2CC2)c(C(=O)N2CCCCC2)cc1OC. The number of hydrogen-bond acceptors (Lipinski definition) is 4. The topological polar surface area (TPSA) is 71.1 Å². The molecule has 1 aromatic carbocycles. The van der Waals surface area contributed by atoms with Crippen molar-refractivity contribution in [1.82, 2.24) is 9.80 Å². The quantitative estimate of drug-likeness (QED) is 0.829. The average Bonchev–Trinajstić information content (AvgIpc) is 3.51. The highest BCUT2D eigenvalue weighted by Crippen LogP contribution is 2.35. The zero-order chi connectivity index (χ0) is 19.4. The monoisotopic (exact) mass is 375 g/mol. The number of piperidine rings is 1. The Labute approximate surface area is 160 Å². The predicted octanol–water partition coefficient (Wildman–Crippen LogP) is 3.20. The molecule has 3 amide bonds. The maximum absolute atomic E-state index is 13.1. The van der Waals surface area contributed by atoms with Crippen LogP contribution in [0.1, 0.15) is 42.5 Å². The summed E-state index contributed by atoms with van der Waals surface area (Å²) in [6.45, 7) is 2.21. The Balaban J connectivity index is 1.86. The number of nitrogens with one attached hydrogen (secondary N) is 1. The Morgan fingerprint density at radius 1 is 1.11 bits per heavy atom. The van der Waals surface area contributed by atoms with Crippen LogP contribution in [0.3, 0.4) is 0 Å². The van der Waals surface area contributed by atoms with Crippen LogP contribution in [0, 0.1) is 5.92 Å². The molecule has 0 unspecified atom stereocenters. The second-order valence-corrected chi connectivity index (χ2v) is 7.36. The van der Waals surface area contributed by atoms with E-state index in [1.165, 1.54) is 27.1 Å². The Hall–Kier alpha value is -2.44. The zero-order valence-corrected chi connectivity index (χ0v) is 16.4. The van der Waals surface area contributed by atoms with Crippen molar-refractivity contribution in [1.29, 1.82) is 0 Å². The van der Waals surface area contributed by atoms with E-state index in [9.17, 15) is 9.59 Å². The van der Waals surface area contributed by atoms with Crippen LogP contribution in [0.4, 0.5) is 10.5 Å². The number of methoxy groups -OCH3 is 2. The number of benzene rings is 1. The molecule has 1 aliphatic carbocycles. The van der Waals surface area contributed by atoms with Crippen molar-refractivity contribution in [2.45, 2.75) is 32.1 Å². The number of ether oxygens (including phenoxy) is 2. The van der Waals surface area contributed by atoms with Gasteiger partial charge in [0.1, 0.15) is 0 Å². The summed E-state index contributed by atoms with van der Waals surface area (Å²) in [6, 6.07) is 3.10. The summed E-state index contributed by atoms with van der Waals surface area (Å²) in [5.41, 5.74) is 0.888. The van der Waals surface area contributed by atoms with Crippen molar-refractivity contribution in [3.63, 3.8) is 0 Å². The van der Waals surface area contributed by atoms with Gasteiger partial charge in [-0.25, -0.2) is 4.79 Å². The number of hydrogen-bond donors (Lipinski definition) is 1. The lowest BCUT2D eigenvalue weighted by Crippen LogP contribution is -2.37. The van der Waals surface area contributed by atoms with E-state index in [2.05, 4.69) is 5.32 Å². The summed E-state index contributed by atoms with van der Waals surface area (Å²) < 4.78 is 10.7. The molecule has 7 heteroatoms. The average molecular weight is 375 g/mol. The van der Waals surface area contributed by atoms with E-state index in [1.807, 2.05) is 4.90 Å². The molecule has 0 bridgehead atoms. The molecule has 1 saturated carbocycles. The van der Waals surface area contributed by atoms with Crippen molar-refractivity contribution in [2.75, 3.05) is 46.2 Å². The van der Waals surface area contributed by atoms with Crippen LogP contribution in [0.2, 0.25) is 0 Å². The molecule has 148 valence electrons. The molecular weight excluding hydrogens is 346 g/mol. The van der Waals surface area contributed by atoms with Crippen LogP contribution in [0.15, 0.2) is 12.1 Å². The smallest absolute Gasteiger partial charge is 0.321 e. The van der Waals surface area contributed by atoms with Gasteiger partial charge in [0.2, 0.25) is 0 Å². The second kappa shape index (κ2) is 8.50. The van der Waals surface area contributed by atoms with Gasteiger partial charge < -0.3 is 24.6 Å². The molecule has 2 aliphatic rings. The first kappa shape index (κ1) is 19.3. The number of amides is 3. The number of carbonyl (C=O) groups is 2. The molecule has 7 nitrogen and oxygen atoms in total. The van der Waals surface area contributed by atoms with Crippen molar-refractivity contribution in [2.24, 2.45) is 5.92 Å². The van der Waals surface area contributed by atoms with Gasteiger partial charge in [-0.1, -0.05) is 0 Å². The fourth-order valence-corrected chi connectivity index (χ4v) is 3.41. The molecule has 1 aromatic rings. The number of carbonyl (C=O) groups excluding carboxylic acids is 2. The van der Waals surface area contributed by atoms with Crippen LogP contribution in [0.5, 0.6) is 11.5 Å². The minimum absolute atomic E-state index is 0.0872. The van der Waals surface area contributed by atoms with Crippen LogP contribution in [-0.2, 0) is 0 Å². The van der Waals surface area contributed by atoms with Crippen molar-refractivity contribution < 1.29 is 19.1 Å². The highest BCUT2D eigenvalue weighted by Gasteiger charge is 2.27. The molecule has 3 rings (SSSR count). The van der Waals surface area contributed by atoms with E-state index in [0.717, 1.165) is 38.9 Å². The van der Waals surface area contributed by atoms with Gasteiger partial charge >= 0.3 is 6.03 Å². The fraction of sp³-hybridized carbons (Fsp3) is 0.600. The van der Waals surface area contributed by atoms with Crippen LogP contribution >= 0.6 is 0 Å². The highest BCUT2D eigenvalue weighted by atomic mass is 16.5. The third-order valence-electron chi connectivity index (χ3n) is 5.21. The fourth-order valence-electron chi connectivity index (χ4n) is 3.41. The van der Waals surface area contributed by atoms with Crippen molar-refractivity contribution in [3.8, 4) is 11.5 Å². The molecule has 0 radical (unpaired) electrons. The van der Waals surface area contributed by atoms with Gasteiger partial charge in [-0.3, -0.25) is 4.79 Å². The van der Waals surface area contributed by atoms with Crippen LogP contribution in [-0.4, -0.2) is 62.6 Å². The first-order chi connectivity index (χ1) is 13.0. The minimum atomic E-state index is -0.221. The zero-order valence-electron chi connectivity index (χ0n) is 16.4. The number of rotatable bonds is 6. The number of likely N-dealkylation sites (tertiary alicyclic amines) is 1. The first-order valence-corrected chi connectivity index (χ1v) is 9.61. The van der Waals surface area contributed by atoms with Crippen LogP contribution < -0.4 is 14.8 Å². The van der Waals surface area contributed by atoms with E-state index in [1.54, 1.807) is 24.1 Å². The molecular formula is C20H29N3O4. The first-order valence-electron chi connectivity index (χ1n) is 9.61. The lowest BCUT2D eigenvalue weighted by Gasteiger charge is -2.28. The van der Waals surface area contributed by atoms with E-state index in [4.69, 9.17) is 9.47 Å². The van der Waals surface area contributed by atoms with Gasteiger partial charge in [0.05, 0.1) is 25.5 Å². The lowest BCUT2D eigenvalue weighted by molar-refractivity contribution is 0.0725. The Kier molecular flexibility index (Phi) is 6.08. The molecule has 1 aliphatic heterocycles. The summed E-state index contributed by atoms with van der Waals surface area (Å²) >= 11 is 0. The van der Waals surface area contributed by atoms with Gasteiger partial charge in [-0.2, -0.15) is 0 Å².